The van der Waals surface area contributed by atoms with Gasteiger partial charge in [0.2, 0.25) is 0 Å². The van der Waals surface area contributed by atoms with Crippen molar-refractivity contribution < 1.29 is 19.1 Å². The lowest BCUT2D eigenvalue weighted by Gasteiger charge is -2.12. The van der Waals surface area contributed by atoms with Crippen molar-refractivity contribution in [2.45, 2.75) is 39.7 Å². The van der Waals surface area contributed by atoms with Crippen LogP contribution in [-0.4, -0.2) is 24.5 Å². The first kappa shape index (κ1) is 21.8. The van der Waals surface area contributed by atoms with Gasteiger partial charge in [0, 0.05) is 5.56 Å². The maximum absolute atomic E-state index is 12.1. The molecule has 0 bridgehead atoms. The number of hydrogen-bond donors (Lipinski definition) is 2. The zero-order chi connectivity index (χ0) is 20.7. The minimum atomic E-state index is -0.465. The highest BCUT2D eigenvalue weighted by atomic mass is 79.9. The number of rotatable bonds is 7. The number of benzene rings is 2. The summed E-state index contributed by atoms with van der Waals surface area (Å²) < 4.78 is 11.8. The quantitative estimate of drug-likeness (QED) is 0.622. The van der Waals surface area contributed by atoms with Crippen LogP contribution in [0.1, 0.15) is 49.5 Å². The Hall–Kier alpha value is -2.54. The van der Waals surface area contributed by atoms with Gasteiger partial charge in [-0.2, -0.15) is 0 Å². The monoisotopic (exact) mass is 448 g/mol. The average molecular weight is 449 g/mol. The standard InChI is InChI=1S/C21H25BrN2O4/c1-13(2)16-7-10-19(18(22)11-16)27-12-20(25)23-24-21(26)15-5-8-17(9-6-15)28-14(3)4/h5-11,13-14H,12H2,1-4H3,(H,23,25)(H,24,26). The fourth-order valence-corrected chi connectivity index (χ4v) is 2.84. The zero-order valence-corrected chi connectivity index (χ0v) is 18.0. The molecule has 6 nitrogen and oxygen atoms in total. The number of hydrogen-bond acceptors (Lipinski definition) is 4. The van der Waals surface area contributed by atoms with Gasteiger partial charge in [-0.1, -0.05) is 19.9 Å². The second kappa shape index (κ2) is 10.1. The molecule has 2 aromatic rings. The van der Waals surface area contributed by atoms with Gasteiger partial charge in [-0.15, -0.1) is 0 Å². The van der Waals surface area contributed by atoms with E-state index in [1.54, 1.807) is 24.3 Å². The molecular formula is C21H25BrN2O4. The van der Waals surface area contributed by atoms with Gasteiger partial charge in [0.15, 0.2) is 6.61 Å². The van der Waals surface area contributed by atoms with Crippen LogP contribution in [0.2, 0.25) is 0 Å². The van der Waals surface area contributed by atoms with Crippen molar-refractivity contribution >= 4 is 27.7 Å². The molecule has 0 aromatic heterocycles. The van der Waals surface area contributed by atoms with Crippen molar-refractivity contribution in [1.82, 2.24) is 10.9 Å². The highest BCUT2D eigenvalue weighted by Gasteiger charge is 2.10. The van der Waals surface area contributed by atoms with Crippen molar-refractivity contribution in [2.75, 3.05) is 6.61 Å². The summed E-state index contributed by atoms with van der Waals surface area (Å²) in [6.45, 7) is 7.83. The topological polar surface area (TPSA) is 76.7 Å². The highest BCUT2D eigenvalue weighted by molar-refractivity contribution is 9.10. The molecule has 0 radical (unpaired) electrons. The van der Waals surface area contributed by atoms with Crippen LogP contribution in [0.5, 0.6) is 11.5 Å². The van der Waals surface area contributed by atoms with Gasteiger partial charge in [-0.25, -0.2) is 0 Å². The van der Waals surface area contributed by atoms with E-state index in [9.17, 15) is 9.59 Å². The Morgan fingerprint density at radius 1 is 1.00 bits per heavy atom. The molecule has 0 aliphatic rings. The molecule has 2 aromatic carbocycles. The van der Waals surface area contributed by atoms with Crippen molar-refractivity contribution in [2.24, 2.45) is 0 Å². The Balaban J connectivity index is 1.81. The number of nitrogens with one attached hydrogen (secondary N) is 2. The normalized spacial score (nSPS) is 10.7. The number of carbonyl (C=O) groups is 2. The number of amides is 2. The van der Waals surface area contributed by atoms with E-state index in [0.29, 0.717) is 23.0 Å². The van der Waals surface area contributed by atoms with Crippen LogP contribution >= 0.6 is 15.9 Å². The van der Waals surface area contributed by atoms with Gasteiger partial charge in [-0.05, 0) is 77.7 Å². The second-order valence-electron chi connectivity index (χ2n) is 6.83. The smallest absolute Gasteiger partial charge is 0.276 e. The van der Waals surface area contributed by atoms with E-state index in [-0.39, 0.29) is 12.7 Å². The summed E-state index contributed by atoms with van der Waals surface area (Å²) in [4.78, 5) is 24.0. The van der Waals surface area contributed by atoms with E-state index in [0.717, 1.165) is 4.47 Å². The minimum Gasteiger partial charge on any atom is -0.491 e. The third-order valence-corrected chi connectivity index (χ3v) is 4.40. The third kappa shape index (κ3) is 6.56. The van der Waals surface area contributed by atoms with E-state index in [1.165, 1.54) is 5.56 Å². The fraction of sp³-hybridized carbons (Fsp3) is 0.333. The van der Waals surface area contributed by atoms with E-state index in [4.69, 9.17) is 9.47 Å². The maximum Gasteiger partial charge on any atom is 0.276 e. The molecule has 0 saturated carbocycles. The number of carbonyl (C=O) groups excluding carboxylic acids is 2. The highest BCUT2D eigenvalue weighted by Crippen LogP contribution is 2.28. The maximum atomic E-state index is 12.1. The van der Waals surface area contributed by atoms with Crippen LogP contribution < -0.4 is 20.3 Å². The number of ether oxygens (including phenoxy) is 2. The molecule has 0 aliphatic heterocycles. The molecule has 0 atom stereocenters. The van der Waals surface area contributed by atoms with E-state index < -0.39 is 11.8 Å². The molecule has 0 heterocycles. The van der Waals surface area contributed by atoms with Crippen LogP contribution in [0.3, 0.4) is 0 Å². The fourth-order valence-electron chi connectivity index (χ4n) is 2.33. The summed E-state index contributed by atoms with van der Waals surface area (Å²) in [6, 6.07) is 12.4. The summed E-state index contributed by atoms with van der Waals surface area (Å²) in [5.74, 6) is 0.749. The largest absolute Gasteiger partial charge is 0.491 e. The van der Waals surface area contributed by atoms with E-state index in [1.807, 2.05) is 32.0 Å². The summed E-state index contributed by atoms with van der Waals surface area (Å²) in [5.41, 5.74) is 6.27. The summed E-state index contributed by atoms with van der Waals surface area (Å²) in [5, 5.41) is 0. The lowest BCUT2D eigenvalue weighted by molar-refractivity contribution is -0.123. The Kier molecular flexibility index (Phi) is 7.87. The summed E-state index contributed by atoms with van der Waals surface area (Å²) in [6.07, 6.45) is 0.0561. The van der Waals surface area contributed by atoms with Crippen molar-refractivity contribution in [3.63, 3.8) is 0 Å². The van der Waals surface area contributed by atoms with Crippen molar-refractivity contribution in [3.05, 3.63) is 58.1 Å². The molecule has 150 valence electrons. The molecule has 0 fully saturated rings. The van der Waals surface area contributed by atoms with Gasteiger partial charge < -0.3 is 9.47 Å². The van der Waals surface area contributed by atoms with E-state index >= 15 is 0 Å². The third-order valence-electron chi connectivity index (χ3n) is 3.79. The number of hydrazine groups is 1. The first-order valence-corrected chi connectivity index (χ1v) is 9.83. The SMILES string of the molecule is CC(C)Oc1ccc(C(=O)NNC(=O)COc2ccc(C(C)C)cc2Br)cc1. The molecule has 2 N–H and O–H groups in total. The summed E-state index contributed by atoms with van der Waals surface area (Å²) in [7, 11) is 0. The van der Waals surface area contributed by atoms with Gasteiger partial charge in [-0.3, -0.25) is 20.4 Å². The van der Waals surface area contributed by atoms with Crippen LogP contribution in [0.15, 0.2) is 46.9 Å². The van der Waals surface area contributed by atoms with Crippen molar-refractivity contribution in [3.8, 4) is 11.5 Å². The lowest BCUT2D eigenvalue weighted by Crippen LogP contribution is -2.43. The molecular weight excluding hydrogens is 424 g/mol. The molecule has 0 unspecified atom stereocenters. The number of halogens is 1. The molecule has 0 spiro atoms. The molecule has 2 amide bonds. The summed E-state index contributed by atoms with van der Waals surface area (Å²) >= 11 is 3.44. The Bertz CT molecular complexity index is 820. The van der Waals surface area contributed by atoms with Crippen LogP contribution in [0.4, 0.5) is 0 Å². The predicted octanol–water partition coefficient (Wildman–Crippen LogP) is 4.20. The van der Waals surface area contributed by atoms with Gasteiger partial charge in [0.1, 0.15) is 11.5 Å². The van der Waals surface area contributed by atoms with Crippen LogP contribution in [-0.2, 0) is 4.79 Å². The van der Waals surface area contributed by atoms with Gasteiger partial charge in [0.25, 0.3) is 11.8 Å². The van der Waals surface area contributed by atoms with E-state index in [2.05, 4.69) is 40.6 Å². The first-order chi connectivity index (χ1) is 13.3. The zero-order valence-electron chi connectivity index (χ0n) is 16.4. The van der Waals surface area contributed by atoms with Crippen LogP contribution in [0.25, 0.3) is 0 Å². The van der Waals surface area contributed by atoms with Crippen LogP contribution in [0, 0.1) is 0 Å². The molecule has 0 saturated heterocycles. The lowest BCUT2D eigenvalue weighted by atomic mass is 10.0. The Morgan fingerprint density at radius 2 is 1.68 bits per heavy atom. The predicted molar refractivity (Wildman–Crippen MR) is 112 cm³/mol. The Labute approximate surface area is 173 Å². The molecule has 0 aliphatic carbocycles. The first-order valence-electron chi connectivity index (χ1n) is 9.04. The van der Waals surface area contributed by atoms with Gasteiger partial charge >= 0.3 is 0 Å². The molecule has 28 heavy (non-hydrogen) atoms. The average Bonchev–Trinajstić information content (AvgIpc) is 2.65. The second-order valence-corrected chi connectivity index (χ2v) is 7.68. The molecule has 7 heteroatoms. The minimum absolute atomic E-state index is 0.0561. The van der Waals surface area contributed by atoms with Crippen molar-refractivity contribution in [1.29, 1.82) is 0 Å². The Morgan fingerprint density at radius 3 is 2.25 bits per heavy atom. The molecule has 2 rings (SSSR count). The van der Waals surface area contributed by atoms with Gasteiger partial charge in [0.05, 0.1) is 10.6 Å².